The van der Waals surface area contributed by atoms with E-state index in [-0.39, 0.29) is 176 Å². The molecule has 3 aliphatic heterocycles. The van der Waals surface area contributed by atoms with Crippen molar-refractivity contribution < 1.29 is 147 Å². The second-order valence-electron chi connectivity index (χ2n) is 19.1. The number of hydrogen-bond acceptors (Lipinski definition) is 30. The number of aliphatic hydroxyl groups is 12. The fraction of sp³-hybridized carbons (Fsp3) is 0.938. The van der Waals surface area contributed by atoms with Gasteiger partial charge in [-0.1, -0.05) is 6.92 Å². The fourth-order valence-corrected chi connectivity index (χ4v) is 7.59. The largest absolute Gasteiger partial charge is 0.394 e. The smallest absolute Gasteiger partial charge is 0.245 e. The van der Waals surface area contributed by atoms with Gasteiger partial charge in [0, 0.05) is 31.3 Å². The van der Waals surface area contributed by atoms with Gasteiger partial charge in [-0.15, -0.1) is 0 Å². The van der Waals surface area contributed by atoms with Crippen LogP contribution in [-0.2, 0) is 85.5 Å². The highest BCUT2D eigenvalue weighted by atomic mass is 16.7. The van der Waals surface area contributed by atoms with Gasteiger partial charge in [0.2, 0.25) is 17.7 Å². The number of carbonyl (C=O) groups is 3. The zero-order chi connectivity index (χ0) is 59.4. The minimum absolute atomic E-state index is 0.0102. The third-order valence-corrected chi connectivity index (χ3v) is 12.2. The first-order chi connectivity index (χ1) is 39.0. The van der Waals surface area contributed by atoms with Gasteiger partial charge >= 0.3 is 0 Å². The Morgan fingerprint density at radius 1 is 0.370 bits per heavy atom. The summed E-state index contributed by atoms with van der Waals surface area (Å²) < 4.78 is 76.5. The first-order valence-electron chi connectivity index (χ1n) is 26.8. The van der Waals surface area contributed by atoms with Gasteiger partial charge in [-0.05, 0) is 0 Å². The Morgan fingerprint density at radius 3 is 1.00 bits per heavy atom. The molecule has 0 aromatic carbocycles. The summed E-state index contributed by atoms with van der Waals surface area (Å²) in [6, 6.07) is 0. The first-order valence-corrected chi connectivity index (χ1v) is 26.8. The number of hydrogen-bond donors (Lipinski definition) is 15. The lowest BCUT2D eigenvalue weighted by molar-refractivity contribution is -0.302. The fourth-order valence-electron chi connectivity index (χ4n) is 7.59. The summed E-state index contributed by atoms with van der Waals surface area (Å²) >= 11 is 0. The van der Waals surface area contributed by atoms with Crippen LogP contribution in [0.15, 0.2) is 0 Å². The maximum absolute atomic E-state index is 12.5. The van der Waals surface area contributed by atoms with E-state index in [0.29, 0.717) is 0 Å². The van der Waals surface area contributed by atoms with Crippen molar-refractivity contribution in [1.82, 2.24) is 16.1 Å². The zero-order valence-electron chi connectivity index (χ0n) is 45.7. The van der Waals surface area contributed by atoms with Crippen LogP contribution in [0.1, 0.15) is 26.2 Å². The van der Waals surface area contributed by atoms with Crippen LogP contribution in [-0.4, -0.2) is 336 Å². The average Bonchev–Trinajstić information content (AvgIpc) is 3.48. The van der Waals surface area contributed by atoms with Gasteiger partial charge in [0.15, 0.2) is 18.9 Å². The Hall–Kier alpha value is -2.67. The Morgan fingerprint density at radius 2 is 0.667 bits per heavy atom. The molecule has 0 saturated carbocycles. The molecule has 15 atom stereocenters. The molecule has 33 nitrogen and oxygen atoms in total. The maximum Gasteiger partial charge on any atom is 0.245 e. The molecule has 3 saturated heterocycles. The molecule has 3 heterocycles. The first kappa shape index (κ1) is 72.6. The minimum atomic E-state index is -1.57. The molecule has 81 heavy (non-hydrogen) atoms. The third-order valence-electron chi connectivity index (χ3n) is 12.2. The molecule has 0 aliphatic carbocycles. The van der Waals surface area contributed by atoms with Crippen molar-refractivity contribution in [2.24, 2.45) is 5.41 Å². The van der Waals surface area contributed by atoms with Crippen LogP contribution in [0.4, 0.5) is 0 Å². The maximum atomic E-state index is 12.5. The van der Waals surface area contributed by atoms with Crippen molar-refractivity contribution in [3.8, 4) is 0 Å². The number of hydroxylamine groups is 1. The zero-order valence-corrected chi connectivity index (χ0v) is 45.7. The molecule has 15 N–H and O–H groups in total. The summed E-state index contributed by atoms with van der Waals surface area (Å²) in [5, 5.41) is 123. The predicted octanol–water partition coefficient (Wildman–Crippen LogP) is -8.97. The van der Waals surface area contributed by atoms with Gasteiger partial charge in [-0.3, -0.25) is 19.2 Å². The monoisotopic (exact) mass is 1190 g/mol. The van der Waals surface area contributed by atoms with Crippen molar-refractivity contribution >= 4 is 17.7 Å². The highest BCUT2D eigenvalue weighted by Crippen LogP contribution is 2.25. The molecule has 0 aromatic rings. The van der Waals surface area contributed by atoms with Crippen molar-refractivity contribution in [3.05, 3.63) is 0 Å². The van der Waals surface area contributed by atoms with Crippen LogP contribution in [0.2, 0.25) is 0 Å². The summed E-state index contributed by atoms with van der Waals surface area (Å²) in [6.45, 7) is 2.14. The topological polar surface area (TPSA) is 469 Å². The number of ether oxygens (including phenoxy) is 14. The summed E-state index contributed by atoms with van der Waals surface area (Å²) in [5.41, 5.74) is 1.49. The molecule has 0 aromatic heterocycles. The van der Waals surface area contributed by atoms with E-state index < -0.39 is 123 Å². The molecule has 3 rings (SSSR count). The van der Waals surface area contributed by atoms with Gasteiger partial charge in [0.05, 0.1) is 158 Å². The van der Waals surface area contributed by atoms with Gasteiger partial charge in [0.25, 0.3) is 0 Å². The highest BCUT2D eigenvalue weighted by molar-refractivity contribution is 5.76. The minimum Gasteiger partial charge on any atom is -0.394 e. The van der Waals surface area contributed by atoms with E-state index in [1.807, 2.05) is 6.92 Å². The normalized spacial score (nSPS) is 29.5. The second-order valence-corrected chi connectivity index (χ2v) is 19.1. The molecule has 0 radical (unpaired) electrons. The van der Waals surface area contributed by atoms with Crippen LogP contribution >= 0.6 is 0 Å². The Kier molecular flexibility index (Phi) is 37.8. The molecular weight excluding hydrogens is 1100 g/mol. The van der Waals surface area contributed by atoms with Crippen LogP contribution in [0.25, 0.3) is 0 Å². The SMILES string of the molecule is CC(COCCC(=O)NCCOCCOCCO[C@H]1OC(CO)[C@@H](O)[C@H](O)C1O)(COCCC(=O)NCCOCCOCCO[C@H]1OC(CO)[C@@H](O)[C@H](O)C1O)COCCC(=O)NOCCOCCO[C@H]1OC(CO)[C@@H](O)[C@H](O)C1O. The molecule has 0 bridgehead atoms. The molecule has 3 aliphatic rings. The quantitative estimate of drug-likeness (QED) is 0.0199. The summed E-state index contributed by atoms with van der Waals surface area (Å²) in [6.07, 6.45) is -20.9. The predicted molar refractivity (Wildman–Crippen MR) is 268 cm³/mol. The Balaban J connectivity index is 1.27. The van der Waals surface area contributed by atoms with E-state index in [4.69, 9.17) is 71.2 Å². The number of aliphatic hydroxyl groups excluding tert-OH is 12. The summed E-state index contributed by atoms with van der Waals surface area (Å²) in [7, 11) is 0. The van der Waals surface area contributed by atoms with E-state index in [0.717, 1.165) is 0 Å². The highest BCUT2D eigenvalue weighted by Gasteiger charge is 2.46. The lowest BCUT2D eigenvalue weighted by atomic mass is 9.94. The van der Waals surface area contributed by atoms with Gasteiger partial charge < -0.3 is 138 Å². The van der Waals surface area contributed by atoms with E-state index in [9.17, 15) is 75.7 Å². The van der Waals surface area contributed by atoms with Gasteiger partial charge in [-0.25, -0.2) is 5.48 Å². The molecule has 6 unspecified atom stereocenters. The number of amides is 3. The van der Waals surface area contributed by atoms with Crippen molar-refractivity contribution in [2.45, 2.75) is 118 Å². The van der Waals surface area contributed by atoms with Crippen LogP contribution in [0.5, 0.6) is 0 Å². The molecular formula is C48H89N3O30. The van der Waals surface area contributed by atoms with Crippen molar-refractivity contribution in [1.29, 1.82) is 0 Å². The molecule has 476 valence electrons. The molecule has 3 fully saturated rings. The Labute approximate surface area is 468 Å². The van der Waals surface area contributed by atoms with E-state index in [2.05, 4.69) is 16.1 Å². The van der Waals surface area contributed by atoms with E-state index in [1.165, 1.54) is 0 Å². The second kappa shape index (κ2) is 42.2. The van der Waals surface area contributed by atoms with E-state index >= 15 is 0 Å². The lowest BCUT2D eigenvalue weighted by Crippen LogP contribution is -2.59. The van der Waals surface area contributed by atoms with E-state index in [1.54, 1.807) is 0 Å². The summed E-state index contributed by atoms with van der Waals surface area (Å²) in [5.74, 6) is -1.07. The van der Waals surface area contributed by atoms with Crippen LogP contribution < -0.4 is 16.1 Å². The molecule has 3 amide bonds. The third kappa shape index (κ3) is 28.4. The standard InChI is InChI=1S/C48H89N3O30/c1-48(29-74-9-4-35(57)51-78-23-19-71-18-22-77-47-44(66)41(63)38(60)32(26-54)81-47,27-72-7-2-33(55)49-5-10-67-12-14-69-16-20-75-45-42(64)39(61)36(58)30(24-52)79-45)28-73-8-3-34(56)50-6-11-68-13-15-70-17-21-76-46-43(65)40(62)37(59)31(25-53)80-46/h30-32,36-47,52-54,58-66H,2-29H2,1H3,(H,49,55)(H,50,56)(H,51,57)/t30?,31?,32?,36-,37-,38-,39+,40+,41+,42?,43?,44?,45+,46+,47+,48?/m1/s1. The lowest BCUT2D eigenvalue weighted by Gasteiger charge is -2.39. The number of nitrogens with one attached hydrogen (secondary N) is 3. The van der Waals surface area contributed by atoms with Crippen LogP contribution in [0, 0.1) is 5.41 Å². The van der Waals surface area contributed by atoms with Crippen molar-refractivity contribution in [3.63, 3.8) is 0 Å². The number of rotatable bonds is 46. The summed E-state index contributed by atoms with van der Waals surface area (Å²) in [4.78, 5) is 42.5. The Bertz CT molecular complexity index is 1570. The van der Waals surface area contributed by atoms with Crippen LogP contribution in [0.3, 0.4) is 0 Å². The van der Waals surface area contributed by atoms with Crippen molar-refractivity contribution in [2.75, 3.05) is 165 Å². The van der Waals surface area contributed by atoms with Gasteiger partial charge in [-0.2, -0.15) is 0 Å². The molecule has 33 heteroatoms. The number of carbonyl (C=O) groups excluding carboxylic acids is 3. The average molecular weight is 1190 g/mol. The molecule has 0 spiro atoms. The van der Waals surface area contributed by atoms with Gasteiger partial charge in [0.1, 0.15) is 73.2 Å².